The van der Waals surface area contributed by atoms with Crippen LogP contribution in [0.4, 0.5) is 11.4 Å². The van der Waals surface area contributed by atoms with Gasteiger partial charge >= 0.3 is 0 Å². The first kappa shape index (κ1) is 12.9. The van der Waals surface area contributed by atoms with Gasteiger partial charge in [-0.05, 0) is 12.5 Å². The predicted octanol–water partition coefficient (Wildman–Crippen LogP) is 1.69. The van der Waals surface area contributed by atoms with Crippen molar-refractivity contribution in [3.8, 4) is 0 Å². The van der Waals surface area contributed by atoms with Crippen molar-refractivity contribution in [1.29, 1.82) is 0 Å². The lowest BCUT2D eigenvalue weighted by molar-refractivity contribution is -0.117. The lowest BCUT2D eigenvalue weighted by atomic mass is 10.2. The van der Waals surface area contributed by atoms with Crippen LogP contribution in [0.15, 0.2) is 30.9 Å². The molecule has 1 aliphatic heterocycles. The van der Waals surface area contributed by atoms with E-state index in [2.05, 4.69) is 15.4 Å². The van der Waals surface area contributed by atoms with E-state index in [1.54, 1.807) is 34.2 Å². The minimum Gasteiger partial charge on any atom is -0.372 e. The number of hydrogen-bond acceptors (Lipinski definition) is 4. The largest absolute Gasteiger partial charge is 0.372 e. The third kappa shape index (κ3) is 2.34. The fourth-order valence-electron chi connectivity index (χ4n) is 2.30. The van der Waals surface area contributed by atoms with E-state index < -0.39 is 0 Å². The molecule has 6 nitrogen and oxygen atoms in total. The monoisotopic (exact) mass is 291 g/mol. The van der Waals surface area contributed by atoms with E-state index in [1.807, 2.05) is 13.2 Å². The van der Waals surface area contributed by atoms with Crippen molar-refractivity contribution in [3.63, 3.8) is 0 Å². The minimum absolute atomic E-state index is 0.0332. The van der Waals surface area contributed by atoms with Crippen LogP contribution in [0, 0.1) is 0 Å². The number of aryl methyl sites for hydroxylation is 1. The van der Waals surface area contributed by atoms with E-state index in [0.717, 1.165) is 17.8 Å². The molecular weight excluding hydrogens is 278 g/mol. The zero-order valence-corrected chi connectivity index (χ0v) is 11.7. The zero-order valence-electron chi connectivity index (χ0n) is 11.0. The molecule has 0 radical (unpaired) electrons. The third-order valence-corrected chi connectivity index (χ3v) is 3.61. The highest BCUT2D eigenvalue weighted by Gasteiger charge is 2.33. The average molecular weight is 292 g/mol. The van der Waals surface area contributed by atoms with Crippen LogP contribution in [0.1, 0.15) is 6.42 Å². The summed E-state index contributed by atoms with van der Waals surface area (Å²) in [5.74, 6) is 0.0332. The minimum atomic E-state index is -0.268. The van der Waals surface area contributed by atoms with E-state index in [-0.39, 0.29) is 11.9 Å². The Morgan fingerprint density at radius 3 is 3.00 bits per heavy atom. The summed E-state index contributed by atoms with van der Waals surface area (Å²) in [4.78, 5) is 18.1. The van der Waals surface area contributed by atoms with Crippen LogP contribution in [-0.4, -0.2) is 33.3 Å². The highest BCUT2D eigenvalue weighted by Crippen LogP contribution is 2.26. The maximum atomic E-state index is 12.4. The second-order valence-corrected chi connectivity index (χ2v) is 5.11. The van der Waals surface area contributed by atoms with E-state index in [4.69, 9.17) is 11.6 Å². The van der Waals surface area contributed by atoms with Crippen molar-refractivity contribution in [2.75, 3.05) is 16.8 Å². The number of carbonyl (C=O) groups excluding carboxylic acids is 1. The Kier molecular flexibility index (Phi) is 3.31. The molecule has 1 aliphatic rings. The Hall–Kier alpha value is -2.08. The lowest BCUT2D eigenvalue weighted by Gasteiger charge is -2.16. The number of rotatable bonds is 3. The molecule has 20 heavy (non-hydrogen) atoms. The molecule has 0 bridgehead atoms. The van der Waals surface area contributed by atoms with Gasteiger partial charge in [0.15, 0.2) is 0 Å². The van der Waals surface area contributed by atoms with Crippen molar-refractivity contribution >= 4 is 28.9 Å². The molecule has 2 aromatic heterocycles. The Bertz CT molecular complexity index is 641. The molecule has 1 N–H and O–H groups in total. The molecule has 0 saturated carbocycles. The van der Waals surface area contributed by atoms with Crippen molar-refractivity contribution < 1.29 is 4.79 Å². The highest BCUT2D eigenvalue weighted by molar-refractivity contribution is 6.33. The summed E-state index contributed by atoms with van der Waals surface area (Å²) in [5.41, 5.74) is 1.55. The standard InChI is InChI=1S/C13H14ClN5O/c1-18-8-9(6-16-18)19-5-3-12(13(19)20)17-11-2-4-15-7-10(11)14/h2,4,6-8,12H,3,5H2,1H3,(H,15,17). The number of nitrogens with zero attached hydrogens (tertiary/aromatic N) is 4. The first-order valence-corrected chi connectivity index (χ1v) is 6.69. The summed E-state index contributed by atoms with van der Waals surface area (Å²) in [5, 5.41) is 7.78. The van der Waals surface area contributed by atoms with Crippen molar-refractivity contribution in [3.05, 3.63) is 35.9 Å². The highest BCUT2D eigenvalue weighted by atomic mass is 35.5. The van der Waals surface area contributed by atoms with Gasteiger partial charge < -0.3 is 10.2 Å². The number of anilines is 2. The fraction of sp³-hybridized carbons (Fsp3) is 0.308. The summed E-state index contributed by atoms with van der Waals surface area (Å²) in [6.07, 6.45) is 7.46. The molecule has 0 aliphatic carbocycles. The molecule has 3 rings (SSSR count). The van der Waals surface area contributed by atoms with Crippen LogP contribution < -0.4 is 10.2 Å². The lowest BCUT2D eigenvalue weighted by Crippen LogP contribution is -2.33. The number of amides is 1. The molecule has 0 spiro atoms. The Balaban J connectivity index is 1.75. The Morgan fingerprint density at radius 2 is 2.30 bits per heavy atom. The first-order chi connectivity index (χ1) is 9.65. The molecule has 1 fully saturated rings. The molecule has 1 saturated heterocycles. The molecule has 2 aromatic rings. The second kappa shape index (κ2) is 5.13. The molecule has 1 amide bonds. The van der Waals surface area contributed by atoms with Gasteiger partial charge in [-0.2, -0.15) is 5.10 Å². The SMILES string of the molecule is Cn1cc(N2CCC(Nc3ccncc3Cl)C2=O)cn1. The smallest absolute Gasteiger partial charge is 0.249 e. The maximum absolute atomic E-state index is 12.4. The summed E-state index contributed by atoms with van der Waals surface area (Å²) >= 11 is 6.04. The normalized spacial score (nSPS) is 18.6. The molecule has 7 heteroatoms. The van der Waals surface area contributed by atoms with Gasteiger partial charge in [-0.15, -0.1) is 0 Å². The average Bonchev–Trinajstić information content (AvgIpc) is 3.00. The summed E-state index contributed by atoms with van der Waals surface area (Å²) < 4.78 is 1.68. The van der Waals surface area contributed by atoms with Gasteiger partial charge in [0.05, 0.1) is 22.6 Å². The van der Waals surface area contributed by atoms with Crippen LogP contribution in [0.2, 0.25) is 5.02 Å². The van der Waals surface area contributed by atoms with Gasteiger partial charge in [-0.3, -0.25) is 14.5 Å². The summed E-state index contributed by atoms with van der Waals surface area (Å²) in [6, 6.07) is 1.50. The van der Waals surface area contributed by atoms with Gasteiger partial charge in [0, 0.05) is 32.2 Å². The number of aromatic nitrogens is 3. The number of carbonyl (C=O) groups is 1. The maximum Gasteiger partial charge on any atom is 0.249 e. The van der Waals surface area contributed by atoms with E-state index in [0.29, 0.717) is 11.6 Å². The van der Waals surface area contributed by atoms with Gasteiger partial charge in [-0.1, -0.05) is 11.6 Å². The van der Waals surface area contributed by atoms with Gasteiger partial charge in [-0.25, -0.2) is 0 Å². The van der Waals surface area contributed by atoms with E-state index in [9.17, 15) is 4.79 Å². The van der Waals surface area contributed by atoms with Crippen molar-refractivity contribution in [1.82, 2.24) is 14.8 Å². The van der Waals surface area contributed by atoms with Gasteiger partial charge in [0.25, 0.3) is 0 Å². The van der Waals surface area contributed by atoms with Gasteiger partial charge in [0.2, 0.25) is 5.91 Å². The van der Waals surface area contributed by atoms with Crippen LogP contribution >= 0.6 is 11.6 Å². The van der Waals surface area contributed by atoms with Crippen LogP contribution in [-0.2, 0) is 11.8 Å². The van der Waals surface area contributed by atoms with E-state index in [1.165, 1.54) is 0 Å². The summed E-state index contributed by atoms with van der Waals surface area (Å²) in [7, 11) is 1.83. The van der Waals surface area contributed by atoms with Crippen LogP contribution in [0.25, 0.3) is 0 Å². The van der Waals surface area contributed by atoms with Gasteiger partial charge in [0.1, 0.15) is 6.04 Å². The molecule has 1 unspecified atom stereocenters. The first-order valence-electron chi connectivity index (χ1n) is 6.31. The Morgan fingerprint density at radius 1 is 1.45 bits per heavy atom. The number of halogens is 1. The molecular formula is C13H14ClN5O. The quantitative estimate of drug-likeness (QED) is 0.935. The molecule has 0 aromatic carbocycles. The van der Waals surface area contributed by atoms with Crippen LogP contribution in [0.3, 0.4) is 0 Å². The number of pyridine rings is 1. The topological polar surface area (TPSA) is 63.1 Å². The Labute approximate surface area is 121 Å². The van der Waals surface area contributed by atoms with Crippen molar-refractivity contribution in [2.45, 2.75) is 12.5 Å². The molecule has 104 valence electrons. The molecule has 3 heterocycles. The zero-order chi connectivity index (χ0) is 14.1. The third-order valence-electron chi connectivity index (χ3n) is 3.31. The summed E-state index contributed by atoms with van der Waals surface area (Å²) in [6.45, 7) is 0.672. The number of hydrogen-bond donors (Lipinski definition) is 1. The predicted molar refractivity (Wildman–Crippen MR) is 76.8 cm³/mol. The number of nitrogens with one attached hydrogen (secondary N) is 1. The van der Waals surface area contributed by atoms with E-state index >= 15 is 0 Å². The van der Waals surface area contributed by atoms with Crippen LogP contribution in [0.5, 0.6) is 0 Å². The van der Waals surface area contributed by atoms with Crippen molar-refractivity contribution in [2.24, 2.45) is 7.05 Å². The second-order valence-electron chi connectivity index (χ2n) is 4.70. The fourth-order valence-corrected chi connectivity index (χ4v) is 2.47. The molecule has 1 atom stereocenters.